The maximum Gasteiger partial charge on any atom is 0.323 e. The first-order valence-corrected chi connectivity index (χ1v) is 8.72. The molecule has 1 aliphatic rings. The molecule has 0 aliphatic carbocycles. The van der Waals surface area contributed by atoms with E-state index in [-0.39, 0.29) is 17.6 Å². The van der Waals surface area contributed by atoms with Crippen LogP contribution in [0.5, 0.6) is 0 Å². The lowest BCUT2D eigenvalue weighted by Crippen LogP contribution is -2.38. The molecule has 0 saturated heterocycles. The number of fused-ring (bicyclic) bond motifs is 1. The Morgan fingerprint density at radius 1 is 1.04 bits per heavy atom. The summed E-state index contributed by atoms with van der Waals surface area (Å²) in [5, 5.41) is 5.43. The van der Waals surface area contributed by atoms with Crippen molar-refractivity contribution in [1.29, 1.82) is 0 Å². The average molecular weight is 355 g/mol. The van der Waals surface area contributed by atoms with Crippen molar-refractivity contribution in [3.05, 3.63) is 53.8 Å². The van der Waals surface area contributed by atoms with Crippen LogP contribution in [0.15, 0.2) is 42.5 Å². The van der Waals surface area contributed by atoms with Crippen LogP contribution in [0, 0.1) is 11.7 Å². The van der Waals surface area contributed by atoms with Crippen molar-refractivity contribution in [3.63, 3.8) is 0 Å². The van der Waals surface area contributed by atoms with Crippen molar-refractivity contribution in [1.82, 2.24) is 0 Å². The number of nitrogens with zero attached hydrogens (tertiary/aromatic N) is 1. The SMILES string of the molecule is CC(C)C(=O)N1CCCc2cc(NC(=O)Nc3ccc(F)cc3)ccc21. The Kier molecular flexibility index (Phi) is 5.21. The largest absolute Gasteiger partial charge is 0.323 e. The number of hydrogen-bond acceptors (Lipinski definition) is 2. The van der Waals surface area contributed by atoms with E-state index in [4.69, 9.17) is 0 Å². The van der Waals surface area contributed by atoms with Gasteiger partial charge in [-0.2, -0.15) is 0 Å². The Balaban J connectivity index is 1.71. The maximum absolute atomic E-state index is 12.9. The molecule has 0 spiro atoms. The molecule has 1 heterocycles. The Hall–Kier alpha value is -2.89. The molecule has 0 unspecified atom stereocenters. The summed E-state index contributed by atoms with van der Waals surface area (Å²) in [6.07, 6.45) is 1.77. The Morgan fingerprint density at radius 3 is 2.38 bits per heavy atom. The van der Waals surface area contributed by atoms with Gasteiger partial charge in [0.25, 0.3) is 0 Å². The summed E-state index contributed by atoms with van der Waals surface area (Å²) in [4.78, 5) is 26.3. The highest BCUT2D eigenvalue weighted by molar-refractivity contribution is 6.00. The minimum Gasteiger partial charge on any atom is -0.312 e. The Morgan fingerprint density at radius 2 is 1.69 bits per heavy atom. The average Bonchev–Trinajstić information content (AvgIpc) is 2.62. The summed E-state index contributed by atoms with van der Waals surface area (Å²) >= 11 is 0. The van der Waals surface area contributed by atoms with Crippen LogP contribution in [0.3, 0.4) is 0 Å². The lowest BCUT2D eigenvalue weighted by molar-refractivity contribution is -0.121. The molecule has 136 valence electrons. The summed E-state index contributed by atoms with van der Waals surface area (Å²) < 4.78 is 12.9. The third-order valence-corrected chi connectivity index (χ3v) is 4.32. The van der Waals surface area contributed by atoms with E-state index < -0.39 is 6.03 Å². The summed E-state index contributed by atoms with van der Waals surface area (Å²) in [7, 11) is 0. The van der Waals surface area contributed by atoms with Crippen molar-refractivity contribution in [2.24, 2.45) is 5.92 Å². The van der Waals surface area contributed by atoms with Gasteiger partial charge in [0.1, 0.15) is 5.82 Å². The highest BCUT2D eigenvalue weighted by Gasteiger charge is 2.24. The number of urea groups is 1. The number of nitrogens with one attached hydrogen (secondary N) is 2. The van der Waals surface area contributed by atoms with Gasteiger partial charge in [-0.25, -0.2) is 9.18 Å². The molecule has 6 heteroatoms. The van der Waals surface area contributed by atoms with Gasteiger partial charge in [0.05, 0.1) is 0 Å². The standard InChI is InChI=1S/C20H22FN3O2/c1-13(2)19(25)24-11-3-4-14-12-17(9-10-18(14)24)23-20(26)22-16-7-5-15(21)6-8-16/h5-10,12-13H,3-4,11H2,1-2H3,(H2,22,23,26). The first-order chi connectivity index (χ1) is 12.4. The number of anilines is 3. The van der Waals surface area contributed by atoms with Crippen LogP contribution < -0.4 is 15.5 Å². The zero-order valence-electron chi connectivity index (χ0n) is 14.9. The number of aryl methyl sites for hydroxylation is 1. The van der Waals surface area contributed by atoms with Crippen LogP contribution in [-0.2, 0) is 11.2 Å². The molecule has 2 aromatic rings. The van der Waals surface area contributed by atoms with Gasteiger partial charge in [-0.1, -0.05) is 13.8 Å². The van der Waals surface area contributed by atoms with Crippen LogP contribution in [0.25, 0.3) is 0 Å². The van der Waals surface area contributed by atoms with Crippen molar-refractivity contribution in [2.45, 2.75) is 26.7 Å². The highest BCUT2D eigenvalue weighted by Crippen LogP contribution is 2.30. The molecular formula is C20H22FN3O2. The van der Waals surface area contributed by atoms with Gasteiger partial charge < -0.3 is 15.5 Å². The second-order valence-corrected chi connectivity index (χ2v) is 6.68. The molecule has 2 aromatic carbocycles. The van der Waals surface area contributed by atoms with E-state index in [0.717, 1.165) is 30.6 Å². The third-order valence-electron chi connectivity index (χ3n) is 4.32. The molecule has 2 N–H and O–H groups in total. The molecule has 3 rings (SSSR count). The molecule has 0 aromatic heterocycles. The van der Waals surface area contributed by atoms with Gasteiger partial charge in [0.2, 0.25) is 5.91 Å². The molecular weight excluding hydrogens is 333 g/mol. The zero-order valence-corrected chi connectivity index (χ0v) is 14.9. The zero-order chi connectivity index (χ0) is 18.7. The minimum atomic E-state index is -0.400. The van der Waals surface area contributed by atoms with Crippen LogP contribution in [0.1, 0.15) is 25.8 Å². The molecule has 0 saturated carbocycles. The number of carbonyl (C=O) groups excluding carboxylic acids is 2. The summed E-state index contributed by atoms with van der Waals surface area (Å²) in [5.74, 6) is -0.299. The lowest BCUT2D eigenvalue weighted by Gasteiger charge is -2.31. The van der Waals surface area contributed by atoms with E-state index in [2.05, 4.69) is 10.6 Å². The van der Waals surface area contributed by atoms with E-state index >= 15 is 0 Å². The number of amides is 3. The van der Waals surface area contributed by atoms with Crippen LogP contribution in [0.2, 0.25) is 0 Å². The fraction of sp³-hybridized carbons (Fsp3) is 0.300. The predicted octanol–water partition coefficient (Wildman–Crippen LogP) is 4.40. The molecule has 0 radical (unpaired) electrons. The summed E-state index contributed by atoms with van der Waals surface area (Å²) in [5.41, 5.74) is 3.13. The number of rotatable bonds is 3. The Labute approximate surface area is 152 Å². The van der Waals surface area contributed by atoms with Crippen LogP contribution in [0.4, 0.5) is 26.2 Å². The van der Waals surface area contributed by atoms with Gasteiger partial charge in [0.15, 0.2) is 0 Å². The van der Waals surface area contributed by atoms with E-state index in [0.29, 0.717) is 11.4 Å². The first-order valence-electron chi connectivity index (χ1n) is 8.72. The van der Waals surface area contributed by atoms with Crippen LogP contribution in [-0.4, -0.2) is 18.5 Å². The van der Waals surface area contributed by atoms with Gasteiger partial charge in [-0.15, -0.1) is 0 Å². The predicted molar refractivity (Wildman–Crippen MR) is 101 cm³/mol. The van der Waals surface area contributed by atoms with Crippen LogP contribution >= 0.6 is 0 Å². The molecule has 1 aliphatic heterocycles. The highest BCUT2D eigenvalue weighted by atomic mass is 19.1. The number of hydrogen-bond donors (Lipinski definition) is 2. The van der Waals surface area contributed by atoms with Crippen molar-refractivity contribution in [2.75, 3.05) is 22.1 Å². The van der Waals surface area contributed by atoms with Crippen molar-refractivity contribution in [3.8, 4) is 0 Å². The second-order valence-electron chi connectivity index (χ2n) is 6.68. The molecule has 3 amide bonds. The molecule has 0 fully saturated rings. The topological polar surface area (TPSA) is 61.4 Å². The fourth-order valence-corrected chi connectivity index (χ4v) is 3.04. The van der Waals surface area contributed by atoms with E-state index in [9.17, 15) is 14.0 Å². The molecule has 0 bridgehead atoms. The fourth-order valence-electron chi connectivity index (χ4n) is 3.04. The van der Waals surface area contributed by atoms with Gasteiger partial charge in [0, 0.05) is 29.5 Å². The Bertz CT molecular complexity index is 818. The van der Waals surface area contributed by atoms with E-state index in [1.165, 1.54) is 24.3 Å². The minimum absolute atomic E-state index is 0.0553. The molecule has 26 heavy (non-hydrogen) atoms. The summed E-state index contributed by atoms with van der Waals surface area (Å²) in [6, 6.07) is 10.7. The van der Waals surface area contributed by atoms with E-state index in [1.54, 1.807) is 6.07 Å². The van der Waals surface area contributed by atoms with Gasteiger partial charge in [-0.3, -0.25) is 4.79 Å². The third kappa shape index (κ3) is 4.02. The van der Waals surface area contributed by atoms with Crippen molar-refractivity contribution < 1.29 is 14.0 Å². The monoisotopic (exact) mass is 355 g/mol. The van der Waals surface area contributed by atoms with Crippen molar-refractivity contribution >= 4 is 29.0 Å². The first kappa shape index (κ1) is 17.9. The molecule has 0 atom stereocenters. The summed E-state index contributed by atoms with van der Waals surface area (Å²) in [6.45, 7) is 4.51. The number of benzene rings is 2. The second kappa shape index (κ2) is 7.56. The number of carbonyl (C=O) groups is 2. The number of halogens is 1. The van der Waals surface area contributed by atoms with E-state index in [1.807, 2.05) is 30.9 Å². The maximum atomic E-state index is 12.9. The van der Waals surface area contributed by atoms with Gasteiger partial charge in [-0.05, 0) is 60.9 Å². The molecule has 5 nitrogen and oxygen atoms in total. The normalized spacial score (nSPS) is 13.3. The smallest absolute Gasteiger partial charge is 0.312 e. The quantitative estimate of drug-likeness (QED) is 0.857. The van der Waals surface area contributed by atoms with Gasteiger partial charge >= 0.3 is 6.03 Å². The lowest BCUT2D eigenvalue weighted by atomic mass is 9.99.